The molecule has 0 aromatic carbocycles. The van der Waals surface area contributed by atoms with Gasteiger partial charge in [-0.05, 0) is 51.6 Å². The SMILES string of the molecule is COC1CC(CN2CCC(c3nc(C)no3)CC2)C1. The third-order valence-corrected chi connectivity index (χ3v) is 4.52. The summed E-state index contributed by atoms with van der Waals surface area (Å²) in [7, 11) is 1.82. The number of nitrogens with zero attached hydrogens (tertiary/aromatic N) is 3. The summed E-state index contributed by atoms with van der Waals surface area (Å²) in [6.45, 7) is 5.42. The zero-order valence-electron chi connectivity index (χ0n) is 11.8. The van der Waals surface area contributed by atoms with Crippen LogP contribution >= 0.6 is 0 Å². The van der Waals surface area contributed by atoms with E-state index in [-0.39, 0.29) is 0 Å². The Morgan fingerprint density at radius 2 is 2.05 bits per heavy atom. The molecule has 1 aliphatic heterocycles. The summed E-state index contributed by atoms with van der Waals surface area (Å²) in [6, 6.07) is 0. The summed E-state index contributed by atoms with van der Waals surface area (Å²) in [5.74, 6) is 2.88. The van der Waals surface area contributed by atoms with E-state index >= 15 is 0 Å². The van der Waals surface area contributed by atoms with Gasteiger partial charge in [-0.2, -0.15) is 4.98 Å². The summed E-state index contributed by atoms with van der Waals surface area (Å²) in [4.78, 5) is 6.94. The van der Waals surface area contributed by atoms with Crippen LogP contribution in [0.25, 0.3) is 0 Å². The number of likely N-dealkylation sites (tertiary alicyclic amines) is 1. The third kappa shape index (κ3) is 2.98. The minimum Gasteiger partial charge on any atom is -0.381 e. The standard InChI is InChI=1S/C14H23N3O2/c1-10-15-14(19-16-10)12-3-5-17(6-4-12)9-11-7-13(8-11)18-2/h11-13H,3-9H2,1-2H3. The van der Waals surface area contributed by atoms with Crippen molar-refractivity contribution in [3.05, 3.63) is 11.7 Å². The van der Waals surface area contributed by atoms with Crippen molar-refractivity contribution in [2.75, 3.05) is 26.7 Å². The molecule has 0 radical (unpaired) electrons. The van der Waals surface area contributed by atoms with Crippen molar-refractivity contribution < 1.29 is 9.26 Å². The normalized spacial score (nSPS) is 29.4. The van der Waals surface area contributed by atoms with Gasteiger partial charge in [0, 0.05) is 19.6 Å². The Bertz CT molecular complexity index is 407. The molecular formula is C14H23N3O2. The predicted molar refractivity (Wildman–Crippen MR) is 71.0 cm³/mol. The molecule has 2 aliphatic rings. The third-order valence-electron chi connectivity index (χ3n) is 4.52. The lowest BCUT2D eigenvalue weighted by Crippen LogP contribution is -2.42. The van der Waals surface area contributed by atoms with Gasteiger partial charge in [0.05, 0.1) is 6.10 Å². The van der Waals surface area contributed by atoms with E-state index in [1.54, 1.807) is 0 Å². The fraction of sp³-hybridized carbons (Fsp3) is 0.857. The number of aryl methyl sites for hydroxylation is 1. The summed E-state index contributed by atoms with van der Waals surface area (Å²) < 4.78 is 10.6. The van der Waals surface area contributed by atoms with Crippen LogP contribution in [0, 0.1) is 12.8 Å². The molecule has 0 bridgehead atoms. The van der Waals surface area contributed by atoms with Crippen molar-refractivity contribution in [2.45, 2.75) is 44.6 Å². The van der Waals surface area contributed by atoms with Gasteiger partial charge in [0.2, 0.25) is 5.89 Å². The quantitative estimate of drug-likeness (QED) is 0.833. The maximum absolute atomic E-state index is 5.34. The zero-order valence-corrected chi connectivity index (χ0v) is 11.8. The summed E-state index contributed by atoms with van der Waals surface area (Å²) >= 11 is 0. The molecule has 0 atom stereocenters. The van der Waals surface area contributed by atoms with Gasteiger partial charge in [-0.1, -0.05) is 5.16 Å². The van der Waals surface area contributed by atoms with E-state index in [9.17, 15) is 0 Å². The molecule has 1 aromatic heterocycles. The van der Waals surface area contributed by atoms with Gasteiger partial charge in [-0.3, -0.25) is 0 Å². The Kier molecular flexibility index (Phi) is 3.84. The minimum atomic E-state index is 0.463. The van der Waals surface area contributed by atoms with E-state index in [2.05, 4.69) is 15.0 Å². The Morgan fingerprint density at radius 1 is 1.32 bits per heavy atom. The van der Waals surface area contributed by atoms with Gasteiger partial charge in [-0.25, -0.2) is 0 Å². The van der Waals surface area contributed by atoms with E-state index in [0.29, 0.717) is 12.0 Å². The van der Waals surface area contributed by atoms with Gasteiger partial charge in [0.1, 0.15) is 0 Å². The van der Waals surface area contributed by atoms with E-state index in [4.69, 9.17) is 9.26 Å². The van der Waals surface area contributed by atoms with Crippen LogP contribution in [0.2, 0.25) is 0 Å². The fourth-order valence-corrected chi connectivity index (χ4v) is 3.22. The van der Waals surface area contributed by atoms with E-state index in [0.717, 1.165) is 43.6 Å². The molecule has 1 saturated carbocycles. The first-order valence-corrected chi connectivity index (χ1v) is 7.30. The molecule has 5 nitrogen and oxygen atoms in total. The van der Waals surface area contributed by atoms with Crippen molar-refractivity contribution in [3.8, 4) is 0 Å². The molecule has 1 aliphatic carbocycles. The summed E-state index contributed by atoms with van der Waals surface area (Å²) in [5, 5.41) is 3.89. The first-order valence-electron chi connectivity index (χ1n) is 7.30. The van der Waals surface area contributed by atoms with Gasteiger partial charge in [0.25, 0.3) is 0 Å². The molecule has 2 fully saturated rings. The largest absolute Gasteiger partial charge is 0.381 e. The van der Waals surface area contributed by atoms with E-state index < -0.39 is 0 Å². The van der Waals surface area contributed by atoms with Gasteiger partial charge in [-0.15, -0.1) is 0 Å². The molecule has 19 heavy (non-hydrogen) atoms. The smallest absolute Gasteiger partial charge is 0.229 e. The monoisotopic (exact) mass is 265 g/mol. The molecule has 1 saturated heterocycles. The molecule has 0 spiro atoms. The highest BCUT2D eigenvalue weighted by atomic mass is 16.5. The second kappa shape index (κ2) is 5.59. The topological polar surface area (TPSA) is 51.4 Å². The Hall–Kier alpha value is -0.940. The van der Waals surface area contributed by atoms with Crippen molar-refractivity contribution in [2.24, 2.45) is 5.92 Å². The lowest BCUT2D eigenvalue weighted by molar-refractivity contribution is -0.0134. The second-order valence-electron chi connectivity index (χ2n) is 5.95. The molecule has 3 rings (SSSR count). The number of rotatable bonds is 4. The fourth-order valence-electron chi connectivity index (χ4n) is 3.22. The second-order valence-corrected chi connectivity index (χ2v) is 5.95. The van der Waals surface area contributed by atoms with Crippen LogP contribution < -0.4 is 0 Å². The summed E-state index contributed by atoms with van der Waals surface area (Å²) in [5.41, 5.74) is 0. The van der Waals surface area contributed by atoms with Gasteiger partial charge >= 0.3 is 0 Å². The van der Waals surface area contributed by atoms with E-state index in [1.165, 1.54) is 19.4 Å². The first-order chi connectivity index (χ1) is 9.24. The van der Waals surface area contributed by atoms with Crippen molar-refractivity contribution >= 4 is 0 Å². The number of aromatic nitrogens is 2. The highest BCUT2D eigenvalue weighted by molar-refractivity contribution is 4.96. The van der Waals surface area contributed by atoms with Gasteiger partial charge < -0.3 is 14.2 Å². The molecule has 0 unspecified atom stereocenters. The van der Waals surface area contributed by atoms with Crippen LogP contribution in [0.4, 0.5) is 0 Å². The average Bonchev–Trinajstić information content (AvgIpc) is 2.81. The maximum atomic E-state index is 5.34. The predicted octanol–water partition coefficient (Wildman–Crippen LogP) is 1.98. The lowest BCUT2D eigenvalue weighted by Gasteiger charge is -2.39. The highest BCUT2D eigenvalue weighted by Crippen LogP contribution is 2.32. The van der Waals surface area contributed by atoms with Crippen molar-refractivity contribution in [1.82, 2.24) is 15.0 Å². The maximum Gasteiger partial charge on any atom is 0.229 e. The Morgan fingerprint density at radius 3 is 2.63 bits per heavy atom. The van der Waals surface area contributed by atoms with Gasteiger partial charge in [0.15, 0.2) is 5.82 Å². The van der Waals surface area contributed by atoms with Crippen LogP contribution in [-0.4, -0.2) is 47.9 Å². The van der Waals surface area contributed by atoms with Crippen LogP contribution in [0.15, 0.2) is 4.52 Å². The Labute approximate surface area is 114 Å². The first kappa shape index (κ1) is 13.1. The Balaban J connectivity index is 1.42. The van der Waals surface area contributed by atoms with Crippen LogP contribution in [0.5, 0.6) is 0 Å². The van der Waals surface area contributed by atoms with Crippen molar-refractivity contribution in [1.29, 1.82) is 0 Å². The number of piperidine rings is 1. The molecule has 1 aromatic rings. The molecule has 2 heterocycles. The van der Waals surface area contributed by atoms with Crippen molar-refractivity contribution in [3.63, 3.8) is 0 Å². The molecular weight excluding hydrogens is 242 g/mol. The number of methoxy groups -OCH3 is 1. The number of ether oxygens (including phenoxy) is 1. The zero-order chi connectivity index (χ0) is 13.2. The van der Waals surface area contributed by atoms with E-state index in [1.807, 2.05) is 14.0 Å². The number of hydrogen-bond donors (Lipinski definition) is 0. The lowest BCUT2D eigenvalue weighted by atomic mass is 9.81. The van der Waals surface area contributed by atoms with Crippen LogP contribution in [0.1, 0.15) is 43.3 Å². The van der Waals surface area contributed by atoms with Crippen LogP contribution in [0.3, 0.4) is 0 Å². The summed E-state index contributed by atoms with van der Waals surface area (Å²) in [6.07, 6.45) is 5.27. The average molecular weight is 265 g/mol. The molecule has 106 valence electrons. The molecule has 0 amide bonds. The number of hydrogen-bond acceptors (Lipinski definition) is 5. The highest BCUT2D eigenvalue weighted by Gasteiger charge is 2.32. The minimum absolute atomic E-state index is 0.463. The molecule has 5 heteroatoms. The van der Waals surface area contributed by atoms with Crippen LogP contribution in [-0.2, 0) is 4.74 Å². The molecule has 0 N–H and O–H groups in total.